The van der Waals surface area contributed by atoms with Gasteiger partial charge >= 0.3 is 5.97 Å². The number of ether oxygens (including phenoxy) is 2. The maximum atomic E-state index is 13.8. The van der Waals surface area contributed by atoms with Crippen LogP contribution in [0.4, 0.5) is 0 Å². The third kappa shape index (κ3) is 3.14. The van der Waals surface area contributed by atoms with E-state index >= 15 is 0 Å². The van der Waals surface area contributed by atoms with E-state index in [1.54, 1.807) is 20.8 Å². The number of ketones is 1. The van der Waals surface area contributed by atoms with Crippen molar-refractivity contribution in [1.82, 2.24) is 0 Å². The summed E-state index contributed by atoms with van der Waals surface area (Å²) >= 11 is 0. The van der Waals surface area contributed by atoms with Gasteiger partial charge in [0.05, 0.1) is 30.3 Å². The Morgan fingerprint density at radius 3 is 2.25 bits per heavy atom. The normalized spacial score (nSPS) is 49.5. The first-order valence-electron chi connectivity index (χ1n) is 10.7. The zero-order valence-corrected chi connectivity index (χ0v) is 23.8. The quantitative estimate of drug-likeness (QED) is 0.179. The standard InChI is InChI=1S/C22H32O9.Ac/c1-9-11(24)7-22(29)18(31-10(2)23)16-20(5,12(25)6-13-21(16,28)8-30-13)17(27)15(26)14(9)19(22,3)4;/h11-13,15-16,18,24-26,28-29H,6-8H2,1-5H3;/t11-,12-,13+,15+,16-,18?,20+,21-,22+;/m0./s1. The Bertz CT molecular complexity index is 871. The van der Waals surface area contributed by atoms with Crippen molar-refractivity contribution in [2.75, 3.05) is 6.61 Å². The molecule has 9 nitrogen and oxygen atoms in total. The molecule has 0 aromatic carbocycles. The van der Waals surface area contributed by atoms with Crippen LogP contribution in [0.1, 0.15) is 47.5 Å². The second-order valence-electron chi connectivity index (χ2n) is 10.5. The Kier molecular flexibility index (Phi) is 6.72. The average Bonchev–Trinajstić information content (AvgIpc) is 2.66. The van der Waals surface area contributed by atoms with Gasteiger partial charge < -0.3 is 35.0 Å². The summed E-state index contributed by atoms with van der Waals surface area (Å²) in [4.78, 5) is 25.9. The Labute approximate surface area is 222 Å². The van der Waals surface area contributed by atoms with Crippen LogP contribution < -0.4 is 0 Å². The largest absolute Gasteiger partial charge is 0.459 e. The van der Waals surface area contributed by atoms with Crippen molar-refractivity contribution in [2.45, 2.75) is 89.2 Å². The van der Waals surface area contributed by atoms with Crippen LogP contribution in [0.25, 0.3) is 0 Å². The van der Waals surface area contributed by atoms with E-state index in [0.29, 0.717) is 5.57 Å². The molecule has 2 bridgehead atoms. The maximum Gasteiger partial charge on any atom is 0.303 e. The van der Waals surface area contributed by atoms with Crippen LogP contribution in [0.2, 0.25) is 0 Å². The number of rotatable bonds is 1. The van der Waals surface area contributed by atoms with Crippen molar-refractivity contribution < 1.29 is 88.7 Å². The molecule has 177 valence electrons. The topological polar surface area (TPSA) is 154 Å². The molecule has 1 heterocycles. The van der Waals surface area contributed by atoms with Gasteiger partial charge in [0.1, 0.15) is 23.4 Å². The summed E-state index contributed by atoms with van der Waals surface area (Å²) < 4.78 is 11.1. The first-order chi connectivity index (χ1) is 14.1. The van der Waals surface area contributed by atoms with Crippen molar-refractivity contribution in [1.29, 1.82) is 0 Å². The molecule has 4 rings (SSSR count). The van der Waals surface area contributed by atoms with Gasteiger partial charge in [0, 0.05) is 75.2 Å². The molecule has 9 atom stereocenters. The molecule has 2 saturated carbocycles. The van der Waals surface area contributed by atoms with E-state index in [9.17, 15) is 35.1 Å². The van der Waals surface area contributed by atoms with Gasteiger partial charge in [0.15, 0.2) is 5.78 Å². The van der Waals surface area contributed by atoms with Gasteiger partial charge in [-0.15, -0.1) is 0 Å². The molecule has 0 aromatic rings. The number of esters is 1. The second kappa shape index (κ2) is 8.06. The summed E-state index contributed by atoms with van der Waals surface area (Å²) in [7, 11) is 0. The predicted molar refractivity (Wildman–Crippen MR) is 106 cm³/mol. The minimum atomic E-state index is -1.95. The molecule has 1 unspecified atom stereocenters. The van der Waals surface area contributed by atoms with Crippen molar-refractivity contribution >= 4 is 11.8 Å². The van der Waals surface area contributed by atoms with Gasteiger partial charge in [-0.25, -0.2) is 0 Å². The first kappa shape index (κ1) is 26.7. The fraction of sp³-hybridized carbons (Fsp3) is 0.818. The van der Waals surface area contributed by atoms with E-state index < -0.39 is 70.2 Å². The van der Waals surface area contributed by atoms with Gasteiger partial charge in [0.2, 0.25) is 0 Å². The summed E-state index contributed by atoms with van der Waals surface area (Å²) in [6, 6.07) is 0. The molecule has 0 amide bonds. The molecule has 3 fully saturated rings. The molecular formula is C22H32AcO9. The number of aliphatic hydroxyl groups is 5. The van der Waals surface area contributed by atoms with Gasteiger partial charge in [-0.2, -0.15) is 0 Å². The number of fused-ring (bicyclic) bond motifs is 5. The fourth-order valence-electron chi connectivity index (χ4n) is 6.69. The molecule has 3 aliphatic carbocycles. The van der Waals surface area contributed by atoms with E-state index in [-0.39, 0.29) is 69.1 Å². The minimum Gasteiger partial charge on any atom is -0.459 e. The van der Waals surface area contributed by atoms with E-state index in [4.69, 9.17) is 9.47 Å². The maximum absolute atomic E-state index is 13.8. The number of aliphatic hydroxyl groups excluding tert-OH is 3. The van der Waals surface area contributed by atoms with E-state index in [2.05, 4.69) is 0 Å². The zero-order chi connectivity index (χ0) is 23.3. The second-order valence-corrected chi connectivity index (χ2v) is 10.5. The van der Waals surface area contributed by atoms with Crippen LogP contribution >= 0.6 is 0 Å². The van der Waals surface area contributed by atoms with Crippen molar-refractivity contribution in [2.24, 2.45) is 16.7 Å². The predicted octanol–water partition coefficient (Wildman–Crippen LogP) is -0.783. The monoisotopic (exact) mass is 667 g/mol. The smallest absolute Gasteiger partial charge is 0.303 e. The average molecular weight is 667 g/mol. The summed E-state index contributed by atoms with van der Waals surface area (Å²) in [5.41, 5.74) is -6.17. The van der Waals surface area contributed by atoms with Crippen LogP contribution in [-0.2, 0) is 19.1 Å². The van der Waals surface area contributed by atoms with E-state index in [1.807, 2.05) is 0 Å². The van der Waals surface area contributed by atoms with Crippen molar-refractivity contribution in [3.05, 3.63) is 11.1 Å². The van der Waals surface area contributed by atoms with Crippen LogP contribution in [0.5, 0.6) is 0 Å². The van der Waals surface area contributed by atoms with E-state index in [1.165, 1.54) is 6.92 Å². The van der Waals surface area contributed by atoms with Gasteiger partial charge in [-0.05, 0) is 25.0 Å². The molecule has 32 heavy (non-hydrogen) atoms. The molecule has 1 radical (unpaired) electrons. The summed E-state index contributed by atoms with van der Waals surface area (Å²) in [5.74, 6) is -2.77. The SMILES string of the molecule is CC(=O)OC1[C@@H]2[C@]3(O)CO[C@@H]3C[C@H](O)[C@@]2(C)C(=O)[C@H](O)C2=C(C)[C@@H](O)C[C@]1(O)C2(C)C.[Ac]. The third-order valence-corrected chi connectivity index (χ3v) is 8.69. The van der Waals surface area contributed by atoms with Gasteiger partial charge in [0.25, 0.3) is 0 Å². The Morgan fingerprint density at radius 2 is 1.75 bits per heavy atom. The van der Waals surface area contributed by atoms with Crippen LogP contribution in [0.3, 0.4) is 0 Å². The molecule has 0 spiro atoms. The van der Waals surface area contributed by atoms with Crippen molar-refractivity contribution in [3.63, 3.8) is 0 Å². The molecule has 1 saturated heterocycles. The fourth-order valence-corrected chi connectivity index (χ4v) is 6.69. The zero-order valence-electron chi connectivity index (χ0n) is 19.0. The Hall–Kier alpha value is 0.0816. The number of hydrogen-bond acceptors (Lipinski definition) is 9. The summed E-state index contributed by atoms with van der Waals surface area (Å²) in [6.07, 6.45) is -6.80. The number of carbonyl (C=O) groups excluding carboxylic acids is 2. The Balaban J connectivity index is 0.00000289. The number of Topliss-reactive ketones (excluding diaryl/α,β-unsaturated/α-hetero) is 1. The minimum absolute atomic E-state index is 0. The van der Waals surface area contributed by atoms with Gasteiger partial charge in [-0.3, -0.25) is 9.59 Å². The molecular weight excluding hydrogens is 635 g/mol. The summed E-state index contributed by atoms with van der Waals surface area (Å²) in [6.45, 7) is 7.23. The summed E-state index contributed by atoms with van der Waals surface area (Å²) in [5, 5.41) is 56.7. The molecule has 1 aliphatic heterocycles. The van der Waals surface area contributed by atoms with Crippen LogP contribution in [0, 0.1) is 60.8 Å². The van der Waals surface area contributed by atoms with Crippen molar-refractivity contribution in [3.8, 4) is 0 Å². The number of hydrogen-bond donors (Lipinski definition) is 5. The Morgan fingerprint density at radius 1 is 1.16 bits per heavy atom. The van der Waals surface area contributed by atoms with Crippen LogP contribution in [0.15, 0.2) is 11.1 Å². The number of carbonyl (C=O) groups is 2. The van der Waals surface area contributed by atoms with Crippen LogP contribution in [-0.4, -0.2) is 85.6 Å². The molecule has 10 heteroatoms. The molecule has 5 N–H and O–H groups in total. The first-order valence-corrected chi connectivity index (χ1v) is 10.7. The van der Waals surface area contributed by atoms with Gasteiger partial charge in [-0.1, -0.05) is 13.8 Å². The molecule has 4 aliphatic rings. The third-order valence-electron chi connectivity index (χ3n) is 8.69. The molecule has 0 aromatic heterocycles. The van der Waals surface area contributed by atoms with E-state index in [0.717, 1.165) is 6.92 Å².